The van der Waals surface area contributed by atoms with Crippen LogP contribution in [0.25, 0.3) is 16.0 Å². The number of thiazole rings is 1. The first-order valence-corrected chi connectivity index (χ1v) is 7.76. The summed E-state index contributed by atoms with van der Waals surface area (Å²) in [6, 6.07) is 12.7. The van der Waals surface area contributed by atoms with Crippen LogP contribution in [0.3, 0.4) is 0 Å². The summed E-state index contributed by atoms with van der Waals surface area (Å²) in [5.74, 6) is 0. The average molecular weight is 280 g/mol. The van der Waals surface area contributed by atoms with Gasteiger partial charge >= 0.3 is 0 Å². The number of allylic oxidation sites excluding steroid dienone is 2. The Bertz CT molecular complexity index is 682. The van der Waals surface area contributed by atoms with Gasteiger partial charge in [-0.15, -0.1) is 11.3 Å². The third kappa shape index (κ3) is 2.39. The summed E-state index contributed by atoms with van der Waals surface area (Å²) in [5.41, 5.74) is 4.31. The minimum Gasteiger partial charge on any atom is -0.240 e. The lowest BCUT2D eigenvalue weighted by molar-refractivity contribution is 0.886. The Morgan fingerprint density at radius 1 is 1.20 bits per heavy atom. The molecule has 20 heavy (non-hydrogen) atoms. The standard InChI is InChI=1S/C17H16N2S/c1-12-16(14-9-3-2-4-10-14)20-17(19-12)15(11-18)13-7-5-6-8-13/h2-4,9-10H,5-8H2,1H3. The summed E-state index contributed by atoms with van der Waals surface area (Å²) >= 11 is 1.64. The summed E-state index contributed by atoms with van der Waals surface area (Å²) in [5, 5.41) is 10.4. The topological polar surface area (TPSA) is 36.7 Å². The number of hydrogen-bond acceptors (Lipinski definition) is 3. The molecule has 2 nitrogen and oxygen atoms in total. The molecule has 1 heterocycles. The molecule has 0 atom stereocenters. The van der Waals surface area contributed by atoms with E-state index in [0.717, 1.165) is 29.1 Å². The zero-order chi connectivity index (χ0) is 13.9. The van der Waals surface area contributed by atoms with E-state index in [1.807, 2.05) is 25.1 Å². The third-order valence-electron chi connectivity index (χ3n) is 3.72. The normalized spacial score (nSPS) is 14.3. The molecule has 0 N–H and O–H groups in total. The molecule has 0 amide bonds. The van der Waals surface area contributed by atoms with Crippen molar-refractivity contribution in [3.05, 3.63) is 46.6 Å². The second-order valence-electron chi connectivity index (χ2n) is 5.10. The van der Waals surface area contributed by atoms with Crippen LogP contribution in [0.15, 0.2) is 35.9 Å². The van der Waals surface area contributed by atoms with Crippen molar-refractivity contribution in [2.45, 2.75) is 32.6 Å². The summed E-state index contributed by atoms with van der Waals surface area (Å²) in [7, 11) is 0. The molecule has 0 bridgehead atoms. The Balaban J connectivity index is 2.05. The molecule has 0 unspecified atom stereocenters. The molecule has 1 aliphatic rings. The number of hydrogen-bond donors (Lipinski definition) is 0. The highest BCUT2D eigenvalue weighted by atomic mass is 32.1. The fourth-order valence-electron chi connectivity index (χ4n) is 2.69. The SMILES string of the molecule is Cc1nc(C(C#N)=C2CCCC2)sc1-c1ccccc1. The van der Waals surface area contributed by atoms with Crippen LogP contribution in [0.4, 0.5) is 0 Å². The van der Waals surface area contributed by atoms with Crippen LogP contribution >= 0.6 is 11.3 Å². The van der Waals surface area contributed by atoms with Gasteiger partial charge in [0.2, 0.25) is 0 Å². The number of aromatic nitrogens is 1. The minimum absolute atomic E-state index is 0.817. The summed E-state index contributed by atoms with van der Waals surface area (Å²) in [6.07, 6.45) is 4.53. The third-order valence-corrected chi connectivity index (χ3v) is 4.94. The van der Waals surface area contributed by atoms with Gasteiger partial charge in [-0.2, -0.15) is 5.26 Å². The van der Waals surface area contributed by atoms with Gasteiger partial charge in [-0.3, -0.25) is 0 Å². The van der Waals surface area contributed by atoms with Gasteiger partial charge in [-0.25, -0.2) is 4.98 Å². The van der Waals surface area contributed by atoms with Crippen LogP contribution < -0.4 is 0 Å². The van der Waals surface area contributed by atoms with E-state index >= 15 is 0 Å². The van der Waals surface area contributed by atoms with Crippen molar-refractivity contribution < 1.29 is 0 Å². The molecule has 1 saturated carbocycles. The van der Waals surface area contributed by atoms with Gasteiger partial charge in [0.05, 0.1) is 16.1 Å². The van der Waals surface area contributed by atoms with Crippen LogP contribution in [0.2, 0.25) is 0 Å². The molecule has 3 heteroatoms. The van der Waals surface area contributed by atoms with Crippen molar-refractivity contribution in [3.8, 4) is 16.5 Å². The molecular formula is C17H16N2S. The van der Waals surface area contributed by atoms with Crippen molar-refractivity contribution in [3.63, 3.8) is 0 Å². The van der Waals surface area contributed by atoms with Crippen LogP contribution in [0.1, 0.15) is 36.4 Å². The molecule has 0 saturated heterocycles. The van der Waals surface area contributed by atoms with E-state index in [4.69, 9.17) is 0 Å². The molecule has 3 rings (SSSR count). The molecule has 0 spiro atoms. The highest BCUT2D eigenvalue weighted by Crippen LogP contribution is 2.37. The largest absolute Gasteiger partial charge is 0.240 e. The Morgan fingerprint density at radius 2 is 1.90 bits per heavy atom. The van der Waals surface area contributed by atoms with E-state index in [9.17, 15) is 5.26 Å². The zero-order valence-corrected chi connectivity index (χ0v) is 12.3. The fraction of sp³-hybridized carbons (Fsp3) is 0.294. The summed E-state index contributed by atoms with van der Waals surface area (Å²) < 4.78 is 0. The molecule has 0 radical (unpaired) electrons. The van der Waals surface area contributed by atoms with Gasteiger partial charge in [-0.05, 0) is 43.7 Å². The molecule has 0 aliphatic heterocycles. The Labute approximate surface area is 123 Å². The van der Waals surface area contributed by atoms with Crippen LogP contribution in [0, 0.1) is 18.3 Å². The predicted octanol–water partition coefficient (Wildman–Crippen LogP) is 4.97. The number of nitrogens with zero attached hydrogens (tertiary/aromatic N) is 2. The van der Waals surface area contributed by atoms with Crippen molar-refractivity contribution in [1.82, 2.24) is 4.98 Å². The van der Waals surface area contributed by atoms with E-state index in [2.05, 4.69) is 23.2 Å². The maximum Gasteiger partial charge on any atom is 0.134 e. The van der Waals surface area contributed by atoms with E-state index in [1.54, 1.807) is 11.3 Å². The number of rotatable bonds is 2. The molecular weight excluding hydrogens is 264 g/mol. The van der Waals surface area contributed by atoms with Crippen molar-refractivity contribution in [1.29, 1.82) is 5.26 Å². The van der Waals surface area contributed by atoms with E-state index in [0.29, 0.717) is 0 Å². The van der Waals surface area contributed by atoms with E-state index < -0.39 is 0 Å². The number of nitriles is 1. The van der Waals surface area contributed by atoms with Crippen LogP contribution in [-0.4, -0.2) is 4.98 Å². The molecule has 1 fully saturated rings. The highest BCUT2D eigenvalue weighted by molar-refractivity contribution is 7.16. The first kappa shape index (κ1) is 13.1. The Morgan fingerprint density at radius 3 is 2.55 bits per heavy atom. The van der Waals surface area contributed by atoms with Gasteiger partial charge in [0.15, 0.2) is 0 Å². The second kappa shape index (κ2) is 5.60. The first-order chi connectivity index (χ1) is 9.79. The van der Waals surface area contributed by atoms with Gasteiger partial charge in [0, 0.05) is 0 Å². The van der Waals surface area contributed by atoms with Crippen LogP contribution in [-0.2, 0) is 0 Å². The van der Waals surface area contributed by atoms with E-state index in [-0.39, 0.29) is 0 Å². The quantitative estimate of drug-likeness (QED) is 0.728. The van der Waals surface area contributed by atoms with Crippen molar-refractivity contribution in [2.24, 2.45) is 0 Å². The summed E-state index contributed by atoms with van der Waals surface area (Å²) in [6.45, 7) is 2.02. The Hall–Kier alpha value is -1.92. The van der Waals surface area contributed by atoms with Gasteiger partial charge in [-0.1, -0.05) is 30.3 Å². The molecule has 1 aliphatic carbocycles. The minimum atomic E-state index is 0.817. The van der Waals surface area contributed by atoms with Gasteiger partial charge < -0.3 is 0 Å². The van der Waals surface area contributed by atoms with Crippen molar-refractivity contribution in [2.75, 3.05) is 0 Å². The lowest BCUT2D eigenvalue weighted by atomic mass is 10.1. The smallest absolute Gasteiger partial charge is 0.134 e. The van der Waals surface area contributed by atoms with Gasteiger partial charge in [0.1, 0.15) is 11.1 Å². The van der Waals surface area contributed by atoms with E-state index in [1.165, 1.54) is 28.9 Å². The maximum atomic E-state index is 9.47. The Kier molecular flexibility index (Phi) is 3.66. The maximum absolute atomic E-state index is 9.47. The fourth-order valence-corrected chi connectivity index (χ4v) is 3.81. The monoisotopic (exact) mass is 280 g/mol. The zero-order valence-electron chi connectivity index (χ0n) is 11.5. The lowest BCUT2D eigenvalue weighted by Gasteiger charge is -1.99. The lowest BCUT2D eigenvalue weighted by Crippen LogP contribution is -1.86. The molecule has 1 aromatic carbocycles. The van der Waals surface area contributed by atoms with Crippen molar-refractivity contribution >= 4 is 16.9 Å². The number of aryl methyl sites for hydroxylation is 1. The highest BCUT2D eigenvalue weighted by Gasteiger charge is 2.18. The van der Waals surface area contributed by atoms with Gasteiger partial charge in [0.25, 0.3) is 0 Å². The molecule has 1 aromatic heterocycles. The summed E-state index contributed by atoms with van der Waals surface area (Å²) in [4.78, 5) is 5.81. The van der Waals surface area contributed by atoms with Crippen LogP contribution in [0.5, 0.6) is 0 Å². The number of benzene rings is 1. The molecule has 100 valence electrons. The predicted molar refractivity (Wildman–Crippen MR) is 83.3 cm³/mol. The first-order valence-electron chi connectivity index (χ1n) is 6.95. The average Bonchev–Trinajstić information content (AvgIpc) is 3.11. The molecule has 2 aromatic rings. The second-order valence-corrected chi connectivity index (χ2v) is 6.10.